The summed E-state index contributed by atoms with van der Waals surface area (Å²) in [6, 6.07) is 1.57. The van der Waals surface area contributed by atoms with Crippen LogP contribution < -0.4 is 0 Å². The summed E-state index contributed by atoms with van der Waals surface area (Å²) >= 11 is 0. The van der Waals surface area contributed by atoms with E-state index in [-0.39, 0.29) is 11.7 Å². The fourth-order valence-corrected chi connectivity index (χ4v) is 0.635. The van der Waals surface area contributed by atoms with E-state index in [1.54, 1.807) is 6.07 Å². The van der Waals surface area contributed by atoms with E-state index in [4.69, 9.17) is 0 Å². The minimum absolute atomic E-state index is 0.00917. The number of carbonyl (C=O) groups excluding carboxylic acids is 1. The van der Waals surface area contributed by atoms with E-state index in [0.717, 1.165) is 0 Å². The van der Waals surface area contributed by atoms with Crippen LogP contribution >= 0.6 is 0 Å². The van der Waals surface area contributed by atoms with E-state index in [9.17, 15) is 4.79 Å². The largest absolute Gasteiger partial charge is 0.364 e. The Morgan fingerprint density at radius 3 is 2.80 bits per heavy atom. The quantitative estimate of drug-likeness (QED) is 0.583. The molecule has 0 fully saturated rings. The first-order valence-corrected chi connectivity index (χ1v) is 3.16. The van der Waals surface area contributed by atoms with Crippen molar-refractivity contribution in [2.24, 2.45) is 5.92 Å². The molecule has 0 bridgehead atoms. The summed E-state index contributed by atoms with van der Waals surface area (Å²) in [5.74, 6) is 0.0128. The first-order valence-electron chi connectivity index (χ1n) is 3.16. The van der Waals surface area contributed by atoms with Gasteiger partial charge in [-0.3, -0.25) is 4.79 Å². The molecule has 0 saturated carbocycles. The molecule has 0 amide bonds. The molecule has 0 aromatic carbocycles. The molecule has 0 saturated heterocycles. The van der Waals surface area contributed by atoms with Gasteiger partial charge in [-0.15, -0.1) is 0 Å². The van der Waals surface area contributed by atoms with E-state index >= 15 is 0 Å². The summed E-state index contributed by atoms with van der Waals surface area (Å²) < 4.78 is 4.51. The van der Waals surface area contributed by atoms with Gasteiger partial charge in [0.15, 0.2) is 5.78 Å². The predicted octanol–water partition coefficient (Wildman–Crippen LogP) is 1.51. The van der Waals surface area contributed by atoms with Crippen LogP contribution in [-0.2, 0) is 0 Å². The molecule has 1 aromatic heterocycles. The van der Waals surface area contributed by atoms with E-state index in [1.807, 2.05) is 13.8 Å². The molecule has 0 aliphatic heterocycles. The number of Topliss-reactive ketones (excluding diaryl/α,β-unsaturated/α-hetero) is 1. The van der Waals surface area contributed by atoms with Crippen LogP contribution in [0.3, 0.4) is 0 Å². The van der Waals surface area contributed by atoms with Crippen molar-refractivity contribution in [3.05, 3.63) is 18.0 Å². The second-order valence-corrected chi connectivity index (χ2v) is 2.40. The second-order valence-electron chi connectivity index (χ2n) is 2.40. The lowest BCUT2D eigenvalue weighted by Crippen LogP contribution is -2.07. The van der Waals surface area contributed by atoms with Gasteiger partial charge < -0.3 is 4.52 Å². The fourth-order valence-electron chi connectivity index (χ4n) is 0.635. The third kappa shape index (κ3) is 1.23. The van der Waals surface area contributed by atoms with Gasteiger partial charge >= 0.3 is 0 Å². The van der Waals surface area contributed by atoms with Gasteiger partial charge in [0.1, 0.15) is 12.0 Å². The lowest BCUT2D eigenvalue weighted by Gasteiger charge is -1.96. The molecule has 0 spiro atoms. The van der Waals surface area contributed by atoms with Crippen molar-refractivity contribution >= 4 is 5.78 Å². The zero-order chi connectivity index (χ0) is 7.56. The topological polar surface area (TPSA) is 43.1 Å². The fraction of sp³-hybridized carbons (Fsp3) is 0.429. The highest BCUT2D eigenvalue weighted by Gasteiger charge is 2.12. The smallest absolute Gasteiger partial charge is 0.187 e. The number of hydrogen-bond donors (Lipinski definition) is 0. The van der Waals surface area contributed by atoms with E-state index in [2.05, 4.69) is 9.68 Å². The van der Waals surface area contributed by atoms with Crippen LogP contribution in [0.2, 0.25) is 0 Å². The predicted molar refractivity (Wildman–Crippen MR) is 35.7 cm³/mol. The number of carbonyl (C=O) groups is 1. The Morgan fingerprint density at radius 1 is 1.70 bits per heavy atom. The Balaban J connectivity index is 2.78. The van der Waals surface area contributed by atoms with Crippen LogP contribution in [-0.4, -0.2) is 10.9 Å². The standard InChI is InChI=1S/C7H9NO2/c1-5(2)7(9)6-3-4-10-8-6/h3-5H,1-2H3. The molecule has 10 heavy (non-hydrogen) atoms. The van der Waals surface area contributed by atoms with Crippen molar-refractivity contribution in [2.75, 3.05) is 0 Å². The average Bonchev–Trinajstić information content (AvgIpc) is 2.36. The summed E-state index contributed by atoms with van der Waals surface area (Å²) in [7, 11) is 0. The Hall–Kier alpha value is -1.12. The van der Waals surface area contributed by atoms with Gasteiger partial charge in [-0.2, -0.15) is 0 Å². The monoisotopic (exact) mass is 139 g/mol. The molecule has 1 rings (SSSR count). The molecular weight excluding hydrogens is 130 g/mol. The van der Waals surface area contributed by atoms with Crippen LogP contribution in [0.15, 0.2) is 16.9 Å². The molecule has 0 N–H and O–H groups in total. The maximum absolute atomic E-state index is 11.1. The first-order chi connectivity index (χ1) is 4.72. The van der Waals surface area contributed by atoms with Crippen molar-refractivity contribution < 1.29 is 9.32 Å². The average molecular weight is 139 g/mol. The van der Waals surface area contributed by atoms with Gasteiger partial charge in [-0.05, 0) is 0 Å². The summed E-state index contributed by atoms with van der Waals surface area (Å²) in [5, 5.41) is 3.51. The third-order valence-corrected chi connectivity index (χ3v) is 1.21. The molecule has 1 aromatic rings. The van der Waals surface area contributed by atoms with Gasteiger partial charge in [0, 0.05) is 12.0 Å². The minimum atomic E-state index is -0.00917. The number of hydrogen-bond acceptors (Lipinski definition) is 3. The molecule has 0 atom stereocenters. The molecule has 1 heterocycles. The highest BCUT2D eigenvalue weighted by Crippen LogP contribution is 2.04. The Morgan fingerprint density at radius 2 is 2.40 bits per heavy atom. The van der Waals surface area contributed by atoms with Crippen LogP contribution in [0.4, 0.5) is 0 Å². The van der Waals surface area contributed by atoms with E-state index in [0.29, 0.717) is 5.69 Å². The lowest BCUT2D eigenvalue weighted by atomic mass is 10.1. The van der Waals surface area contributed by atoms with Crippen molar-refractivity contribution in [3.63, 3.8) is 0 Å². The molecule has 0 aliphatic carbocycles. The zero-order valence-corrected chi connectivity index (χ0v) is 6.00. The number of ketones is 1. The van der Waals surface area contributed by atoms with Crippen LogP contribution in [0.1, 0.15) is 24.3 Å². The van der Waals surface area contributed by atoms with Gasteiger partial charge in [0.25, 0.3) is 0 Å². The molecule has 0 unspecified atom stereocenters. The van der Waals surface area contributed by atoms with Gasteiger partial charge in [-0.25, -0.2) is 0 Å². The Bertz CT molecular complexity index is 214. The van der Waals surface area contributed by atoms with Gasteiger partial charge in [-0.1, -0.05) is 19.0 Å². The maximum atomic E-state index is 11.1. The molecule has 3 heteroatoms. The number of nitrogens with zero attached hydrogens (tertiary/aromatic N) is 1. The normalized spacial score (nSPS) is 10.3. The zero-order valence-electron chi connectivity index (χ0n) is 6.00. The molecule has 0 radical (unpaired) electrons. The molecule has 3 nitrogen and oxygen atoms in total. The molecular formula is C7H9NO2. The van der Waals surface area contributed by atoms with Crippen LogP contribution in [0, 0.1) is 5.92 Å². The summed E-state index contributed by atoms with van der Waals surface area (Å²) in [6.45, 7) is 3.66. The van der Waals surface area contributed by atoms with Crippen LogP contribution in [0.25, 0.3) is 0 Å². The third-order valence-electron chi connectivity index (χ3n) is 1.21. The SMILES string of the molecule is CC(C)C(=O)c1ccon1. The summed E-state index contributed by atoms with van der Waals surface area (Å²) in [5.41, 5.74) is 0.412. The van der Waals surface area contributed by atoms with Gasteiger partial charge in [0.2, 0.25) is 0 Å². The van der Waals surface area contributed by atoms with E-state index in [1.165, 1.54) is 6.26 Å². The van der Waals surface area contributed by atoms with Crippen molar-refractivity contribution in [1.82, 2.24) is 5.16 Å². The Labute approximate surface area is 59.0 Å². The number of aromatic nitrogens is 1. The van der Waals surface area contributed by atoms with Crippen molar-refractivity contribution in [2.45, 2.75) is 13.8 Å². The molecule has 0 aliphatic rings. The maximum Gasteiger partial charge on any atom is 0.187 e. The molecule has 54 valence electrons. The van der Waals surface area contributed by atoms with Crippen LogP contribution in [0.5, 0.6) is 0 Å². The first kappa shape index (κ1) is 6.99. The highest BCUT2D eigenvalue weighted by atomic mass is 16.5. The van der Waals surface area contributed by atoms with Gasteiger partial charge in [0.05, 0.1) is 0 Å². The van der Waals surface area contributed by atoms with E-state index < -0.39 is 0 Å². The minimum Gasteiger partial charge on any atom is -0.364 e. The second kappa shape index (κ2) is 2.64. The highest BCUT2D eigenvalue weighted by molar-refractivity contribution is 5.95. The van der Waals surface area contributed by atoms with Crippen molar-refractivity contribution in [1.29, 1.82) is 0 Å². The van der Waals surface area contributed by atoms with Crippen molar-refractivity contribution in [3.8, 4) is 0 Å². The summed E-state index contributed by atoms with van der Waals surface area (Å²) in [6.07, 6.45) is 1.40. The Kier molecular flexibility index (Phi) is 1.85. The summed E-state index contributed by atoms with van der Waals surface area (Å²) in [4.78, 5) is 11.1. The lowest BCUT2D eigenvalue weighted by molar-refractivity contribution is 0.0930. The number of rotatable bonds is 2.